The largest absolute Gasteiger partial charge is 0.481 e. The minimum absolute atomic E-state index is 0.0505. The molecule has 4 aliphatic carbocycles. The molecule has 3 fully saturated rings. The molecule has 0 aliphatic heterocycles. The van der Waals surface area contributed by atoms with Crippen LogP contribution < -0.4 is 0 Å². The van der Waals surface area contributed by atoms with Crippen LogP contribution in [0.25, 0.3) is 0 Å². The standard InChI is InChI=1S/C25H35NO8.C4H7NO5/c1-24-10-9-16(27)12-15(24)5-6-17-18-7-8-19(25(18,2)13-20(28)23(17)24)21(29)14-33-22(30)4-3-11-34-26(31)32;6-4(7)2-1-3-10-5(8)9/h12,17-20,23,28H,3-11,13-14H2,1-2H3;1-3H2,(H,6,7). The van der Waals surface area contributed by atoms with Crippen LogP contribution >= 0.6 is 0 Å². The number of carbonyl (C=O) groups excluding carboxylic acids is 3. The number of allylic oxidation sites excluding steroid dienone is 1. The number of nitrogens with zero attached hydrogens (tertiary/aromatic N) is 2. The Morgan fingerprint density at radius 3 is 2.25 bits per heavy atom. The van der Waals surface area contributed by atoms with Crippen molar-refractivity contribution in [2.75, 3.05) is 19.8 Å². The van der Waals surface area contributed by atoms with Crippen LogP contribution in [-0.4, -0.2) is 69.8 Å². The number of ether oxygens (including phenoxy) is 1. The van der Waals surface area contributed by atoms with Gasteiger partial charge in [-0.25, -0.2) is 0 Å². The zero-order valence-corrected chi connectivity index (χ0v) is 25.1. The fourth-order valence-electron chi connectivity index (χ4n) is 8.26. The minimum Gasteiger partial charge on any atom is -0.481 e. The maximum absolute atomic E-state index is 13.1. The smallest absolute Gasteiger partial charge is 0.306 e. The van der Waals surface area contributed by atoms with Gasteiger partial charge in [0.2, 0.25) is 0 Å². The lowest BCUT2D eigenvalue weighted by molar-refractivity contribution is -0.757. The summed E-state index contributed by atoms with van der Waals surface area (Å²) in [5.74, 6) is -1.01. The number of carbonyl (C=O) groups is 4. The van der Waals surface area contributed by atoms with E-state index in [1.54, 1.807) is 0 Å². The second kappa shape index (κ2) is 14.9. The molecule has 7 atom stereocenters. The molecule has 15 nitrogen and oxygen atoms in total. The second-order valence-corrected chi connectivity index (χ2v) is 12.6. The average molecular weight is 627 g/mol. The Balaban J connectivity index is 0.000000456. The van der Waals surface area contributed by atoms with Crippen LogP contribution in [0, 0.1) is 54.7 Å². The molecule has 3 saturated carbocycles. The summed E-state index contributed by atoms with van der Waals surface area (Å²) in [5.41, 5.74) is 0.689. The Kier molecular flexibility index (Phi) is 11.8. The summed E-state index contributed by atoms with van der Waals surface area (Å²) in [6.07, 6.45) is 6.74. The highest BCUT2D eigenvalue weighted by molar-refractivity contribution is 5.91. The molecule has 0 saturated heterocycles. The normalized spacial score (nSPS) is 31.9. The number of carboxylic acid groups (broad SMARTS) is 1. The monoisotopic (exact) mass is 626 g/mol. The van der Waals surface area contributed by atoms with Gasteiger partial charge in [-0.3, -0.25) is 19.2 Å². The first kappa shape index (κ1) is 34.9. The van der Waals surface area contributed by atoms with E-state index in [-0.39, 0.29) is 79.7 Å². The number of aliphatic hydroxyl groups is 1. The van der Waals surface area contributed by atoms with Gasteiger partial charge in [-0.1, -0.05) is 19.4 Å². The molecule has 44 heavy (non-hydrogen) atoms. The van der Waals surface area contributed by atoms with E-state index in [1.165, 1.54) is 5.57 Å². The summed E-state index contributed by atoms with van der Waals surface area (Å²) in [4.78, 5) is 74.5. The van der Waals surface area contributed by atoms with Gasteiger partial charge in [-0.15, -0.1) is 20.2 Å². The van der Waals surface area contributed by atoms with E-state index in [4.69, 9.17) is 9.84 Å². The van der Waals surface area contributed by atoms with Crippen molar-refractivity contribution in [3.05, 3.63) is 31.9 Å². The fraction of sp³-hybridized carbons (Fsp3) is 0.793. The van der Waals surface area contributed by atoms with E-state index in [0.29, 0.717) is 24.7 Å². The van der Waals surface area contributed by atoms with E-state index >= 15 is 0 Å². The number of aliphatic carboxylic acids is 1. The van der Waals surface area contributed by atoms with Crippen molar-refractivity contribution in [1.82, 2.24) is 0 Å². The lowest BCUT2D eigenvalue weighted by Gasteiger charge is -2.59. The molecule has 0 spiro atoms. The van der Waals surface area contributed by atoms with Gasteiger partial charge in [-0.2, -0.15) is 0 Å². The molecule has 0 bridgehead atoms. The molecule has 4 rings (SSSR count). The van der Waals surface area contributed by atoms with Crippen molar-refractivity contribution in [3.8, 4) is 0 Å². The third-order valence-corrected chi connectivity index (χ3v) is 10.1. The van der Waals surface area contributed by atoms with Crippen LogP contribution in [0.1, 0.15) is 84.5 Å². The highest BCUT2D eigenvalue weighted by Gasteiger charge is 2.62. The minimum atomic E-state index is -0.980. The van der Waals surface area contributed by atoms with Crippen LogP contribution in [0.3, 0.4) is 0 Å². The predicted octanol–water partition coefficient (Wildman–Crippen LogP) is 3.27. The van der Waals surface area contributed by atoms with Crippen LogP contribution in [0.5, 0.6) is 0 Å². The summed E-state index contributed by atoms with van der Waals surface area (Å²) < 4.78 is 5.16. The van der Waals surface area contributed by atoms with Gasteiger partial charge in [0.1, 0.15) is 6.61 Å². The highest BCUT2D eigenvalue weighted by atomic mass is 17.0. The first-order valence-electron chi connectivity index (χ1n) is 15.1. The number of esters is 1. The van der Waals surface area contributed by atoms with Crippen molar-refractivity contribution in [2.24, 2.45) is 34.5 Å². The lowest BCUT2D eigenvalue weighted by atomic mass is 9.46. The maximum atomic E-state index is 13.1. The number of ketones is 2. The second-order valence-electron chi connectivity index (χ2n) is 12.6. The van der Waals surface area contributed by atoms with Crippen molar-refractivity contribution in [2.45, 2.75) is 90.6 Å². The van der Waals surface area contributed by atoms with Crippen LogP contribution in [0.2, 0.25) is 0 Å². The summed E-state index contributed by atoms with van der Waals surface area (Å²) >= 11 is 0. The zero-order valence-electron chi connectivity index (χ0n) is 25.1. The molecule has 246 valence electrons. The first-order valence-corrected chi connectivity index (χ1v) is 15.1. The van der Waals surface area contributed by atoms with Gasteiger partial charge in [0, 0.05) is 25.2 Å². The number of hydrogen-bond donors (Lipinski definition) is 2. The molecule has 0 heterocycles. The topological polar surface area (TPSA) is 223 Å². The molecular weight excluding hydrogens is 584 g/mol. The Labute approximate surface area is 254 Å². The quantitative estimate of drug-likeness (QED) is 0.130. The van der Waals surface area contributed by atoms with Crippen molar-refractivity contribution < 1.29 is 54.0 Å². The molecule has 0 aromatic rings. The van der Waals surface area contributed by atoms with Crippen LogP contribution in [0.15, 0.2) is 11.6 Å². The first-order chi connectivity index (χ1) is 20.7. The third-order valence-electron chi connectivity index (χ3n) is 10.1. The number of aliphatic hydroxyl groups excluding tert-OH is 1. The average Bonchev–Trinajstić information content (AvgIpc) is 3.29. The van der Waals surface area contributed by atoms with Gasteiger partial charge >= 0.3 is 11.9 Å². The van der Waals surface area contributed by atoms with E-state index in [2.05, 4.69) is 23.5 Å². The van der Waals surface area contributed by atoms with E-state index < -0.39 is 28.2 Å². The fourth-order valence-corrected chi connectivity index (χ4v) is 8.26. The van der Waals surface area contributed by atoms with E-state index in [9.17, 15) is 44.5 Å². The van der Waals surface area contributed by atoms with Gasteiger partial charge in [0.05, 0.1) is 19.3 Å². The van der Waals surface area contributed by atoms with Gasteiger partial charge in [0.15, 0.2) is 11.6 Å². The summed E-state index contributed by atoms with van der Waals surface area (Å²) in [6, 6.07) is 0. The Morgan fingerprint density at radius 2 is 1.64 bits per heavy atom. The SMILES string of the molecule is CC12CCC(=O)C=C1CCC1C2C(O)CC2(C)C(C(=O)COC(=O)CCCO[N+](=O)[O-])CCC12.O=C(O)CCCO[N+](=O)[O-]. The number of carboxylic acids is 1. The Bertz CT molecular complexity index is 1140. The molecule has 15 heteroatoms. The summed E-state index contributed by atoms with van der Waals surface area (Å²) in [7, 11) is 0. The summed E-state index contributed by atoms with van der Waals surface area (Å²) in [5, 5.41) is 37.2. The number of rotatable bonds is 13. The van der Waals surface area contributed by atoms with Gasteiger partial charge in [-0.05, 0) is 86.0 Å². The van der Waals surface area contributed by atoms with E-state index in [0.717, 1.165) is 32.1 Å². The lowest BCUT2D eigenvalue weighted by Crippen LogP contribution is -2.57. The maximum Gasteiger partial charge on any atom is 0.306 e. The van der Waals surface area contributed by atoms with E-state index in [1.807, 2.05) is 6.08 Å². The number of fused-ring (bicyclic) bond motifs is 5. The van der Waals surface area contributed by atoms with Crippen LogP contribution in [0.4, 0.5) is 0 Å². The van der Waals surface area contributed by atoms with Crippen molar-refractivity contribution in [3.63, 3.8) is 0 Å². The molecule has 0 aromatic heterocycles. The zero-order chi connectivity index (χ0) is 32.7. The molecule has 0 aromatic carbocycles. The van der Waals surface area contributed by atoms with Gasteiger partial charge < -0.3 is 24.6 Å². The molecule has 4 aliphatic rings. The Hall–Kier alpha value is -3.62. The molecule has 7 unspecified atom stereocenters. The van der Waals surface area contributed by atoms with Gasteiger partial charge in [0.25, 0.3) is 10.2 Å². The predicted molar refractivity (Wildman–Crippen MR) is 150 cm³/mol. The molecular formula is C29H42N2O13. The highest BCUT2D eigenvalue weighted by Crippen LogP contribution is 2.66. The number of hydrogen-bond acceptors (Lipinski definition) is 12. The van der Waals surface area contributed by atoms with Crippen molar-refractivity contribution >= 4 is 23.5 Å². The van der Waals surface area contributed by atoms with Crippen LogP contribution in [-0.2, 0) is 33.6 Å². The Morgan fingerprint density at radius 1 is 1.00 bits per heavy atom. The molecule has 0 radical (unpaired) electrons. The van der Waals surface area contributed by atoms with Crippen molar-refractivity contribution in [1.29, 1.82) is 0 Å². The summed E-state index contributed by atoms with van der Waals surface area (Å²) in [6.45, 7) is 3.67. The number of Topliss-reactive ketones (excluding diaryl/α,β-unsaturated/α-hetero) is 1. The molecule has 0 amide bonds. The third kappa shape index (κ3) is 8.30. The molecule has 2 N–H and O–H groups in total.